The van der Waals surface area contributed by atoms with Crippen molar-refractivity contribution in [2.24, 2.45) is 4.99 Å². The molecule has 146 valence electrons. The molecule has 0 bridgehead atoms. The van der Waals surface area contributed by atoms with Gasteiger partial charge in [0.1, 0.15) is 0 Å². The van der Waals surface area contributed by atoms with Crippen molar-refractivity contribution in [1.82, 2.24) is 10.6 Å². The lowest BCUT2D eigenvalue weighted by Crippen LogP contribution is -2.37. The monoisotopic (exact) mass is 407 g/mol. The first-order valence-corrected chi connectivity index (χ1v) is 11.0. The van der Waals surface area contributed by atoms with Gasteiger partial charge in [0.25, 0.3) is 0 Å². The van der Waals surface area contributed by atoms with Gasteiger partial charge in [-0.05, 0) is 54.7 Å². The SMILES string of the molecule is CN=C(NCCCc1ccc(Cl)cc1)NCc1ccc(S(C)(=O)=O)c(C)c1. The van der Waals surface area contributed by atoms with E-state index in [1.807, 2.05) is 43.3 Å². The van der Waals surface area contributed by atoms with Gasteiger partial charge in [0.05, 0.1) is 4.90 Å². The lowest BCUT2D eigenvalue weighted by Gasteiger charge is -2.13. The lowest BCUT2D eigenvalue weighted by molar-refractivity contribution is 0.601. The Morgan fingerprint density at radius 1 is 1.07 bits per heavy atom. The van der Waals surface area contributed by atoms with E-state index in [1.165, 1.54) is 11.8 Å². The fraction of sp³-hybridized carbons (Fsp3) is 0.350. The zero-order valence-corrected chi connectivity index (χ0v) is 17.5. The fourth-order valence-electron chi connectivity index (χ4n) is 2.79. The van der Waals surface area contributed by atoms with Crippen LogP contribution in [0.1, 0.15) is 23.1 Å². The largest absolute Gasteiger partial charge is 0.356 e. The summed E-state index contributed by atoms with van der Waals surface area (Å²) in [5.41, 5.74) is 3.01. The Bertz CT molecular complexity index is 894. The maximum absolute atomic E-state index is 11.7. The Balaban J connectivity index is 1.80. The summed E-state index contributed by atoms with van der Waals surface area (Å²) in [6, 6.07) is 13.3. The molecule has 2 aromatic carbocycles. The van der Waals surface area contributed by atoms with Crippen LogP contribution in [0.3, 0.4) is 0 Å². The van der Waals surface area contributed by atoms with Gasteiger partial charge in [-0.1, -0.05) is 35.9 Å². The Hall–Kier alpha value is -2.05. The van der Waals surface area contributed by atoms with Gasteiger partial charge in [-0.2, -0.15) is 0 Å². The molecule has 27 heavy (non-hydrogen) atoms. The average Bonchev–Trinajstić information content (AvgIpc) is 2.61. The molecule has 0 fully saturated rings. The Labute approximate surface area is 166 Å². The molecule has 0 radical (unpaired) electrons. The van der Waals surface area contributed by atoms with Gasteiger partial charge in [0, 0.05) is 31.4 Å². The van der Waals surface area contributed by atoms with Gasteiger partial charge < -0.3 is 10.6 Å². The predicted octanol–water partition coefficient (Wildman–Crippen LogP) is 3.35. The van der Waals surface area contributed by atoms with Crippen LogP contribution in [-0.2, 0) is 22.8 Å². The second-order valence-corrected chi connectivity index (χ2v) is 8.88. The summed E-state index contributed by atoms with van der Waals surface area (Å²) in [5.74, 6) is 0.718. The minimum atomic E-state index is -3.19. The van der Waals surface area contributed by atoms with Crippen molar-refractivity contribution in [3.8, 4) is 0 Å². The molecule has 2 rings (SSSR count). The summed E-state index contributed by atoms with van der Waals surface area (Å²) in [5, 5.41) is 7.29. The van der Waals surface area contributed by atoms with Crippen LogP contribution in [0.25, 0.3) is 0 Å². The molecule has 7 heteroatoms. The van der Waals surface area contributed by atoms with Crippen LogP contribution in [0, 0.1) is 6.92 Å². The van der Waals surface area contributed by atoms with Crippen LogP contribution in [0.5, 0.6) is 0 Å². The van der Waals surface area contributed by atoms with E-state index < -0.39 is 9.84 Å². The fourth-order valence-corrected chi connectivity index (χ4v) is 3.88. The highest BCUT2D eigenvalue weighted by Crippen LogP contribution is 2.16. The molecule has 0 heterocycles. The first kappa shape index (κ1) is 21.3. The predicted molar refractivity (Wildman–Crippen MR) is 112 cm³/mol. The van der Waals surface area contributed by atoms with Crippen molar-refractivity contribution < 1.29 is 8.42 Å². The summed E-state index contributed by atoms with van der Waals surface area (Å²) in [6.07, 6.45) is 3.17. The normalized spacial score (nSPS) is 12.1. The first-order valence-electron chi connectivity index (χ1n) is 8.78. The van der Waals surface area contributed by atoms with Crippen molar-refractivity contribution in [3.63, 3.8) is 0 Å². The quantitative estimate of drug-likeness (QED) is 0.419. The molecule has 0 aromatic heterocycles. The molecule has 0 unspecified atom stereocenters. The van der Waals surface area contributed by atoms with Gasteiger partial charge in [0.15, 0.2) is 15.8 Å². The van der Waals surface area contributed by atoms with Crippen molar-refractivity contribution in [2.75, 3.05) is 19.8 Å². The van der Waals surface area contributed by atoms with Crippen molar-refractivity contribution in [3.05, 3.63) is 64.2 Å². The molecule has 2 N–H and O–H groups in total. The smallest absolute Gasteiger partial charge is 0.191 e. The van der Waals surface area contributed by atoms with Crippen LogP contribution in [0.4, 0.5) is 0 Å². The zero-order chi connectivity index (χ0) is 19.9. The van der Waals surface area contributed by atoms with Crippen LogP contribution >= 0.6 is 11.6 Å². The minimum Gasteiger partial charge on any atom is -0.356 e. The summed E-state index contributed by atoms with van der Waals surface area (Å²) in [6.45, 7) is 3.18. The molecule has 5 nitrogen and oxygen atoms in total. The molecular formula is C20H26ClN3O2S. The molecule has 0 amide bonds. The number of halogens is 1. The Morgan fingerprint density at radius 2 is 1.74 bits per heavy atom. The molecule has 0 saturated heterocycles. The standard InChI is InChI=1S/C20H26ClN3O2S/c1-15-13-17(8-11-19(15)27(3,25)26)14-24-20(22-2)23-12-4-5-16-6-9-18(21)10-7-16/h6-11,13H,4-5,12,14H2,1-3H3,(H2,22,23,24). The number of aryl methyl sites for hydroxylation is 2. The number of guanidine groups is 1. The number of benzene rings is 2. The van der Waals surface area contributed by atoms with Crippen LogP contribution in [0.2, 0.25) is 5.02 Å². The average molecular weight is 408 g/mol. The zero-order valence-electron chi connectivity index (χ0n) is 15.9. The molecular weight excluding hydrogens is 382 g/mol. The highest BCUT2D eigenvalue weighted by molar-refractivity contribution is 7.90. The Kier molecular flexibility index (Phi) is 7.68. The van der Waals surface area contributed by atoms with Gasteiger partial charge in [-0.3, -0.25) is 4.99 Å². The highest BCUT2D eigenvalue weighted by atomic mass is 35.5. The number of sulfone groups is 1. The van der Waals surface area contributed by atoms with Gasteiger partial charge in [-0.15, -0.1) is 0 Å². The molecule has 2 aromatic rings. The molecule has 0 aliphatic rings. The first-order chi connectivity index (χ1) is 12.8. The maximum Gasteiger partial charge on any atom is 0.191 e. The topological polar surface area (TPSA) is 70.6 Å². The lowest BCUT2D eigenvalue weighted by atomic mass is 10.1. The number of nitrogens with one attached hydrogen (secondary N) is 2. The van der Waals surface area contributed by atoms with E-state index in [4.69, 9.17) is 11.6 Å². The van der Waals surface area contributed by atoms with E-state index >= 15 is 0 Å². The second kappa shape index (κ2) is 9.76. The van der Waals surface area contributed by atoms with E-state index in [9.17, 15) is 8.42 Å². The number of hydrogen-bond donors (Lipinski definition) is 2. The summed E-state index contributed by atoms with van der Waals surface area (Å²) in [4.78, 5) is 4.59. The number of rotatable bonds is 7. The van der Waals surface area contributed by atoms with Crippen LogP contribution in [-0.4, -0.2) is 34.2 Å². The summed E-state index contributed by atoms with van der Waals surface area (Å²) >= 11 is 5.89. The number of hydrogen-bond acceptors (Lipinski definition) is 3. The van der Waals surface area contributed by atoms with Crippen molar-refractivity contribution in [2.45, 2.75) is 31.2 Å². The number of aliphatic imine (C=N–C) groups is 1. The molecule has 0 spiro atoms. The third-order valence-corrected chi connectivity index (χ3v) is 5.68. The van der Waals surface area contributed by atoms with E-state index in [0.717, 1.165) is 41.5 Å². The van der Waals surface area contributed by atoms with E-state index in [-0.39, 0.29) is 0 Å². The molecule has 0 atom stereocenters. The van der Waals surface area contributed by atoms with Gasteiger partial charge in [-0.25, -0.2) is 8.42 Å². The number of nitrogens with zero attached hydrogens (tertiary/aromatic N) is 1. The highest BCUT2D eigenvalue weighted by Gasteiger charge is 2.10. The van der Waals surface area contributed by atoms with Gasteiger partial charge >= 0.3 is 0 Å². The molecule has 0 aliphatic heterocycles. The van der Waals surface area contributed by atoms with E-state index in [0.29, 0.717) is 11.4 Å². The third-order valence-electron chi connectivity index (χ3n) is 4.17. The Morgan fingerprint density at radius 3 is 2.33 bits per heavy atom. The second-order valence-electron chi connectivity index (χ2n) is 6.45. The summed E-state index contributed by atoms with van der Waals surface area (Å²) < 4.78 is 23.4. The van der Waals surface area contributed by atoms with E-state index in [2.05, 4.69) is 15.6 Å². The van der Waals surface area contributed by atoms with Gasteiger partial charge in [0.2, 0.25) is 0 Å². The molecule has 0 aliphatic carbocycles. The van der Waals surface area contributed by atoms with Crippen molar-refractivity contribution >= 4 is 27.4 Å². The van der Waals surface area contributed by atoms with Crippen molar-refractivity contribution in [1.29, 1.82) is 0 Å². The summed E-state index contributed by atoms with van der Waals surface area (Å²) in [7, 11) is -1.46. The molecule has 0 saturated carbocycles. The van der Waals surface area contributed by atoms with Crippen LogP contribution in [0.15, 0.2) is 52.4 Å². The third kappa shape index (κ3) is 6.88. The minimum absolute atomic E-state index is 0.371. The van der Waals surface area contributed by atoms with Crippen LogP contribution < -0.4 is 10.6 Å². The maximum atomic E-state index is 11.7. The van der Waals surface area contributed by atoms with E-state index in [1.54, 1.807) is 13.1 Å².